The van der Waals surface area contributed by atoms with Crippen molar-refractivity contribution >= 4 is 17.3 Å². The summed E-state index contributed by atoms with van der Waals surface area (Å²) in [5, 5.41) is 8.93. The number of hydrogen-bond acceptors (Lipinski definition) is 4. The Morgan fingerprint density at radius 2 is 2.28 bits per heavy atom. The Bertz CT molecular complexity index is 419. The number of likely N-dealkylation sites (N-methyl/N-ethyl adjacent to an activating group) is 1. The number of carboxylic acids is 1. The fourth-order valence-electron chi connectivity index (χ4n) is 2.43. The third-order valence-corrected chi connectivity index (χ3v) is 4.47. The number of thiophene rings is 1. The van der Waals surface area contributed by atoms with Gasteiger partial charge in [-0.05, 0) is 39.1 Å². The fourth-order valence-corrected chi connectivity index (χ4v) is 3.31. The highest BCUT2D eigenvalue weighted by molar-refractivity contribution is 7.13. The van der Waals surface area contributed by atoms with Crippen LogP contribution < -0.4 is 0 Å². The van der Waals surface area contributed by atoms with Crippen LogP contribution in [0.2, 0.25) is 0 Å². The molecule has 1 aromatic heterocycles. The number of rotatable bonds is 3. The van der Waals surface area contributed by atoms with E-state index in [-0.39, 0.29) is 0 Å². The molecule has 1 aromatic rings. The Balaban J connectivity index is 2.00. The van der Waals surface area contributed by atoms with E-state index in [2.05, 4.69) is 23.8 Å². The van der Waals surface area contributed by atoms with E-state index in [1.54, 1.807) is 6.07 Å². The molecule has 1 aliphatic heterocycles. The monoisotopic (exact) mass is 268 g/mol. The van der Waals surface area contributed by atoms with E-state index in [4.69, 9.17) is 5.11 Å². The second-order valence-electron chi connectivity index (χ2n) is 5.01. The lowest BCUT2D eigenvalue weighted by molar-refractivity contribution is 0.0702. The minimum Gasteiger partial charge on any atom is -0.477 e. The van der Waals surface area contributed by atoms with Crippen LogP contribution in [0.25, 0.3) is 0 Å². The number of aromatic carboxylic acids is 1. The minimum atomic E-state index is -0.824. The largest absolute Gasteiger partial charge is 0.477 e. The second-order valence-corrected chi connectivity index (χ2v) is 6.17. The van der Waals surface area contributed by atoms with Gasteiger partial charge in [0.25, 0.3) is 0 Å². The van der Waals surface area contributed by atoms with Gasteiger partial charge in [0, 0.05) is 30.6 Å². The van der Waals surface area contributed by atoms with E-state index in [1.165, 1.54) is 17.8 Å². The molecule has 1 saturated heterocycles. The van der Waals surface area contributed by atoms with Gasteiger partial charge in [-0.1, -0.05) is 0 Å². The first-order valence-corrected chi connectivity index (χ1v) is 7.12. The molecule has 0 aliphatic carbocycles. The first-order chi connectivity index (χ1) is 8.56. The third-order valence-electron chi connectivity index (χ3n) is 3.42. The zero-order chi connectivity index (χ0) is 13.1. The lowest BCUT2D eigenvalue weighted by atomic mass is 10.2. The van der Waals surface area contributed by atoms with Gasteiger partial charge in [0.2, 0.25) is 0 Å². The zero-order valence-electron chi connectivity index (χ0n) is 10.9. The van der Waals surface area contributed by atoms with Gasteiger partial charge in [-0.2, -0.15) is 0 Å². The van der Waals surface area contributed by atoms with Gasteiger partial charge in [0.15, 0.2) is 0 Å². The van der Waals surface area contributed by atoms with Gasteiger partial charge in [0.1, 0.15) is 4.88 Å². The zero-order valence-corrected chi connectivity index (χ0v) is 11.7. The maximum atomic E-state index is 10.9. The van der Waals surface area contributed by atoms with Crippen LogP contribution >= 0.6 is 11.3 Å². The van der Waals surface area contributed by atoms with Crippen molar-refractivity contribution in [1.29, 1.82) is 0 Å². The minimum absolute atomic E-state index is 0.435. The van der Waals surface area contributed by atoms with E-state index in [9.17, 15) is 4.79 Å². The molecule has 4 nitrogen and oxygen atoms in total. The molecule has 2 rings (SSSR count). The quantitative estimate of drug-likeness (QED) is 0.910. The van der Waals surface area contributed by atoms with Gasteiger partial charge in [0.05, 0.1) is 0 Å². The molecule has 0 aromatic carbocycles. The fraction of sp³-hybridized carbons (Fsp3) is 0.615. The molecular formula is C13H20N2O2S. The molecule has 18 heavy (non-hydrogen) atoms. The van der Waals surface area contributed by atoms with Gasteiger partial charge in [-0.25, -0.2) is 4.79 Å². The highest BCUT2D eigenvalue weighted by Crippen LogP contribution is 2.20. The van der Waals surface area contributed by atoms with Crippen LogP contribution in [-0.4, -0.2) is 53.6 Å². The van der Waals surface area contributed by atoms with Crippen molar-refractivity contribution < 1.29 is 9.90 Å². The Hall–Kier alpha value is -0.910. The van der Waals surface area contributed by atoms with Crippen molar-refractivity contribution in [3.63, 3.8) is 0 Å². The number of carboxylic acid groups (broad SMARTS) is 1. The predicted octanol–water partition coefficient (Wildman–Crippen LogP) is 1.97. The van der Waals surface area contributed by atoms with Crippen molar-refractivity contribution in [2.24, 2.45) is 0 Å². The molecule has 0 spiro atoms. The summed E-state index contributed by atoms with van der Waals surface area (Å²) in [6.45, 7) is 6.43. The molecule has 1 N–H and O–H groups in total. The summed E-state index contributed by atoms with van der Waals surface area (Å²) in [5.41, 5.74) is 0. The molecule has 0 bridgehead atoms. The van der Waals surface area contributed by atoms with Crippen molar-refractivity contribution in [3.05, 3.63) is 21.9 Å². The SMILES string of the molecule is CC1CN(C)CCCN1Cc1ccc(C(=O)O)s1. The smallest absolute Gasteiger partial charge is 0.345 e. The highest BCUT2D eigenvalue weighted by atomic mass is 32.1. The summed E-state index contributed by atoms with van der Waals surface area (Å²) in [6.07, 6.45) is 1.18. The van der Waals surface area contributed by atoms with Crippen LogP contribution in [-0.2, 0) is 6.54 Å². The Kier molecular flexibility index (Phi) is 4.37. The van der Waals surface area contributed by atoms with Crippen LogP contribution in [0, 0.1) is 0 Å². The molecule has 1 aliphatic rings. The van der Waals surface area contributed by atoms with E-state index < -0.39 is 5.97 Å². The summed E-state index contributed by atoms with van der Waals surface area (Å²) >= 11 is 1.39. The Labute approximate surface area is 112 Å². The molecule has 5 heteroatoms. The van der Waals surface area contributed by atoms with Gasteiger partial charge < -0.3 is 10.0 Å². The van der Waals surface area contributed by atoms with Crippen molar-refractivity contribution in [2.45, 2.75) is 25.9 Å². The van der Waals surface area contributed by atoms with E-state index in [0.29, 0.717) is 10.9 Å². The standard InChI is InChI=1S/C13H20N2O2S/c1-10-8-14(2)6-3-7-15(10)9-11-4-5-12(18-11)13(16)17/h4-5,10H,3,6-9H2,1-2H3,(H,16,17). The Morgan fingerprint density at radius 3 is 2.94 bits per heavy atom. The summed E-state index contributed by atoms with van der Waals surface area (Å²) in [5.74, 6) is -0.824. The molecule has 1 unspecified atom stereocenters. The molecule has 0 amide bonds. The molecular weight excluding hydrogens is 248 g/mol. The lowest BCUT2D eigenvalue weighted by Crippen LogP contribution is -2.37. The topological polar surface area (TPSA) is 43.8 Å². The normalized spacial score (nSPS) is 22.9. The third kappa shape index (κ3) is 3.31. The summed E-state index contributed by atoms with van der Waals surface area (Å²) in [7, 11) is 2.16. The molecule has 1 atom stereocenters. The van der Waals surface area contributed by atoms with Crippen molar-refractivity contribution in [3.8, 4) is 0 Å². The van der Waals surface area contributed by atoms with Crippen LogP contribution in [0.15, 0.2) is 12.1 Å². The first kappa shape index (κ1) is 13.5. The van der Waals surface area contributed by atoms with Crippen molar-refractivity contribution in [2.75, 3.05) is 26.7 Å². The van der Waals surface area contributed by atoms with E-state index in [0.717, 1.165) is 31.1 Å². The number of carbonyl (C=O) groups is 1. The summed E-state index contributed by atoms with van der Waals surface area (Å²) < 4.78 is 0. The van der Waals surface area contributed by atoms with Gasteiger partial charge in [-0.15, -0.1) is 11.3 Å². The molecule has 1 fully saturated rings. The van der Waals surface area contributed by atoms with Gasteiger partial charge in [-0.3, -0.25) is 4.90 Å². The van der Waals surface area contributed by atoms with E-state index in [1.807, 2.05) is 6.07 Å². The average Bonchev–Trinajstić information content (AvgIpc) is 2.70. The van der Waals surface area contributed by atoms with Crippen molar-refractivity contribution in [1.82, 2.24) is 9.80 Å². The average molecular weight is 268 g/mol. The number of nitrogens with zero attached hydrogens (tertiary/aromatic N) is 2. The lowest BCUT2D eigenvalue weighted by Gasteiger charge is -2.27. The molecule has 0 saturated carbocycles. The molecule has 0 radical (unpaired) electrons. The van der Waals surface area contributed by atoms with Crippen LogP contribution in [0.1, 0.15) is 27.9 Å². The second kappa shape index (κ2) is 5.82. The highest BCUT2D eigenvalue weighted by Gasteiger charge is 2.20. The van der Waals surface area contributed by atoms with Crippen LogP contribution in [0.4, 0.5) is 0 Å². The first-order valence-electron chi connectivity index (χ1n) is 6.31. The van der Waals surface area contributed by atoms with Crippen LogP contribution in [0.3, 0.4) is 0 Å². The maximum absolute atomic E-state index is 10.9. The molecule has 100 valence electrons. The maximum Gasteiger partial charge on any atom is 0.345 e. The van der Waals surface area contributed by atoms with Crippen LogP contribution in [0.5, 0.6) is 0 Å². The van der Waals surface area contributed by atoms with E-state index >= 15 is 0 Å². The van der Waals surface area contributed by atoms with Gasteiger partial charge >= 0.3 is 5.97 Å². The molecule has 2 heterocycles. The summed E-state index contributed by atoms with van der Waals surface area (Å²) in [6, 6.07) is 4.17. The number of hydrogen-bond donors (Lipinski definition) is 1. The summed E-state index contributed by atoms with van der Waals surface area (Å²) in [4.78, 5) is 17.2. The Morgan fingerprint density at radius 1 is 1.50 bits per heavy atom. The predicted molar refractivity (Wildman–Crippen MR) is 73.3 cm³/mol.